The monoisotopic (exact) mass is 239 g/mol. The van der Waals surface area contributed by atoms with Gasteiger partial charge in [-0.1, -0.05) is 23.2 Å². The van der Waals surface area contributed by atoms with Gasteiger partial charge in [0, 0.05) is 19.1 Å². The maximum atomic E-state index is 6.06. The average molecular weight is 241 g/mol. The molecule has 0 saturated heterocycles. The van der Waals surface area contributed by atoms with Gasteiger partial charge in [0.2, 0.25) is 0 Å². The van der Waals surface area contributed by atoms with Crippen molar-refractivity contribution in [1.29, 1.82) is 0 Å². The van der Waals surface area contributed by atoms with Crippen molar-refractivity contribution in [1.82, 2.24) is 0 Å². The van der Waals surface area contributed by atoms with E-state index >= 15 is 0 Å². The number of benzene rings is 1. The van der Waals surface area contributed by atoms with E-state index in [2.05, 4.69) is 0 Å². The predicted octanol–water partition coefficient (Wildman–Crippen LogP) is 3.79. The summed E-state index contributed by atoms with van der Waals surface area (Å²) in [6.45, 7) is 1.95. The van der Waals surface area contributed by atoms with Gasteiger partial charge in [-0.05, 0) is 24.6 Å². The zero-order chi connectivity index (χ0) is 9.30. The number of aryl methyl sites for hydroxylation is 1. The van der Waals surface area contributed by atoms with Gasteiger partial charge in [0.25, 0.3) is 0 Å². The molecule has 0 atom stereocenters. The first kappa shape index (κ1) is 12.9. The Kier molecular flexibility index (Phi) is 4.90. The van der Waals surface area contributed by atoms with Gasteiger partial charge in [-0.2, -0.15) is 0 Å². The summed E-state index contributed by atoms with van der Waals surface area (Å²) in [5.41, 5.74) is 1.97. The molecule has 13 heavy (non-hydrogen) atoms. The summed E-state index contributed by atoms with van der Waals surface area (Å²) >= 11 is 11.9. The van der Waals surface area contributed by atoms with Crippen LogP contribution in [0.4, 0.5) is 5.69 Å². The van der Waals surface area contributed by atoms with E-state index in [9.17, 15) is 0 Å². The fourth-order valence-corrected chi connectivity index (χ4v) is 1.58. The Labute approximate surface area is 95.0 Å². The van der Waals surface area contributed by atoms with Crippen LogP contribution in [0.15, 0.2) is 12.1 Å². The fourth-order valence-electron chi connectivity index (χ4n) is 1.03. The van der Waals surface area contributed by atoms with Crippen LogP contribution in [0.25, 0.3) is 0 Å². The Hall–Kier alpha value is -0.110. The van der Waals surface area contributed by atoms with Crippen molar-refractivity contribution in [2.45, 2.75) is 6.92 Å². The van der Waals surface area contributed by atoms with Crippen LogP contribution in [0.5, 0.6) is 0 Å². The summed E-state index contributed by atoms with van der Waals surface area (Å²) in [6.07, 6.45) is 0. The molecule has 0 aliphatic rings. The summed E-state index contributed by atoms with van der Waals surface area (Å²) in [7, 11) is 3.88. The van der Waals surface area contributed by atoms with Gasteiger partial charge in [-0.15, -0.1) is 12.4 Å². The van der Waals surface area contributed by atoms with E-state index in [0.29, 0.717) is 0 Å². The van der Waals surface area contributed by atoms with Crippen molar-refractivity contribution >= 4 is 41.3 Å². The molecule has 1 aromatic rings. The van der Waals surface area contributed by atoms with Crippen molar-refractivity contribution < 1.29 is 0 Å². The summed E-state index contributed by atoms with van der Waals surface area (Å²) < 4.78 is 0. The molecule has 0 heterocycles. The molecule has 0 bridgehead atoms. The van der Waals surface area contributed by atoms with Crippen LogP contribution in [-0.4, -0.2) is 14.1 Å². The highest BCUT2D eigenvalue weighted by Gasteiger charge is 2.06. The number of nitrogens with zero attached hydrogens (tertiary/aromatic N) is 1. The van der Waals surface area contributed by atoms with Crippen molar-refractivity contribution in [2.75, 3.05) is 19.0 Å². The average Bonchev–Trinajstić information content (AvgIpc) is 1.96. The summed E-state index contributed by atoms with van der Waals surface area (Å²) in [6, 6.07) is 3.72. The van der Waals surface area contributed by atoms with Crippen LogP contribution in [0, 0.1) is 6.92 Å². The van der Waals surface area contributed by atoms with Crippen LogP contribution in [0.3, 0.4) is 0 Å². The van der Waals surface area contributed by atoms with Gasteiger partial charge < -0.3 is 4.90 Å². The van der Waals surface area contributed by atoms with E-state index in [-0.39, 0.29) is 12.4 Å². The number of halogens is 3. The highest BCUT2D eigenvalue weighted by atomic mass is 35.5. The Morgan fingerprint density at radius 2 is 1.69 bits per heavy atom. The molecule has 1 rings (SSSR count). The first-order valence-corrected chi connectivity index (χ1v) is 4.41. The first-order chi connectivity index (χ1) is 5.52. The second kappa shape index (κ2) is 4.94. The largest absolute Gasteiger partial charge is 0.376 e. The first-order valence-electron chi connectivity index (χ1n) is 3.65. The van der Waals surface area contributed by atoms with E-state index in [1.54, 1.807) is 0 Å². The molecular weight excluding hydrogens is 228 g/mol. The van der Waals surface area contributed by atoms with Crippen molar-refractivity contribution in [3.63, 3.8) is 0 Å². The third kappa shape index (κ3) is 2.94. The minimum absolute atomic E-state index is 0. The maximum absolute atomic E-state index is 6.06. The summed E-state index contributed by atoms with van der Waals surface area (Å²) in [5, 5.41) is 1.49. The van der Waals surface area contributed by atoms with Gasteiger partial charge in [0.05, 0.1) is 10.7 Å². The second-order valence-electron chi connectivity index (χ2n) is 2.95. The molecule has 0 fully saturated rings. The van der Waals surface area contributed by atoms with Gasteiger partial charge in [0.15, 0.2) is 0 Å². The van der Waals surface area contributed by atoms with E-state index < -0.39 is 0 Å². The highest BCUT2D eigenvalue weighted by molar-refractivity contribution is 6.36. The van der Waals surface area contributed by atoms with E-state index in [0.717, 1.165) is 21.3 Å². The molecule has 0 spiro atoms. The molecule has 1 nitrogen and oxygen atoms in total. The molecule has 0 unspecified atom stereocenters. The zero-order valence-electron chi connectivity index (χ0n) is 7.77. The molecule has 0 saturated carbocycles. The van der Waals surface area contributed by atoms with Gasteiger partial charge in [-0.25, -0.2) is 0 Å². The quantitative estimate of drug-likeness (QED) is 0.722. The summed E-state index contributed by atoms with van der Waals surface area (Å²) in [4.78, 5) is 1.95. The van der Waals surface area contributed by atoms with E-state index in [1.807, 2.05) is 38.1 Å². The molecule has 0 aliphatic heterocycles. The standard InChI is InChI=1S/C9H11Cl2N.ClH/c1-6-4-7(10)5-8(9(6)11)12(2)3;/h4-5H,1-3H3;1H. The SMILES string of the molecule is Cc1cc(Cl)cc(N(C)C)c1Cl.Cl. The lowest BCUT2D eigenvalue weighted by atomic mass is 10.2. The lowest BCUT2D eigenvalue weighted by Crippen LogP contribution is -2.09. The molecule has 0 amide bonds. The van der Waals surface area contributed by atoms with Gasteiger partial charge in [0.1, 0.15) is 0 Å². The van der Waals surface area contributed by atoms with E-state index in [4.69, 9.17) is 23.2 Å². The molecule has 0 N–H and O–H groups in total. The van der Waals surface area contributed by atoms with Crippen LogP contribution >= 0.6 is 35.6 Å². The number of hydrogen-bond donors (Lipinski definition) is 0. The minimum Gasteiger partial charge on any atom is -0.376 e. The molecule has 74 valence electrons. The van der Waals surface area contributed by atoms with Crippen LogP contribution in [-0.2, 0) is 0 Å². The normalized spacial score (nSPS) is 9.31. The zero-order valence-corrected chi connectivity index (χ0v) is 10.1. The third-order valence-corrected chi connectivity index (χ3v) is 2.39. The Balaban J connectivity index is 0.00000144. The van der Waals surface area contributed by atoms with Gasteiger partial charge in [-0.3, -0.25) is 0 Å². The van der Waals surface area contributed by atoms with Crippen LogP contribution < -0.4 is 4.90 Å². The summed E-state index contributed by atoms with van der Waals surface area (Å²) in [5.74, 6) is 0. The Morgan fingerprint density at radius 3 is 2.15 bits per heavy atom. The number of rotatable bonds is 1. The molecule has 1 aromatic carbocycles. The van der Waals surface area contributed by atoms with Gasteiger partial charge >= 0.3 is 0 Å². The number of anilines is 1. The van der Waals surface area contributed by atoms with Crippen molar-refractivity contribution in [3.8, 4) is 0 Å². The second-order valence-corrected chi connectivity index (χ2v) is 3.76. The Bertz CT molecular complexity index is 297. The lowest BCUT2D eigenvalue weighted by Gasteiger charge is -2.15. The molecule has 0 aliphatic carbocycles. The predicted molar refractivity (Wildman–Crippen MR) is 62.8 cm³/mol. The van der Waals surface area contributed by atoms with Crippen LogP contribution in [0.2, 0.25) is 10.0 Å². The molecule has 0 radical (unpaired) electrons. The highest BCUT2D eigenvalue weighted by Crippen LogP contribution is 2.30. The van der Waals surface area contributed by atoms with Crippen molar-refractivity contribution in [2.24, 2.45) is 0 Å². The lowest BCUT2D eigenvalue weighted by molar-refractivity contribution is 1.13. The maximum Gasteiger partial charge on any atom is 0.0669 e. The third-order valence-electron chi connectivity index (χ3n) is 1.68. The number of hydrogen-bond acceptors (Lipinski definition) is 1. The smallest absolute Gasteiger partial charge is 0.0669 e. The minimum atomic E-state index is 0. The van der Waals surface area contributed by atoms with Crippen molar-refractivity contribution in [3.05, 3.63) is 27.7 Å². The van der Waals surface area contributed by atoms with E-state index in [1.165, 1.54) is 0 Å². The molecule has 4 heteroatoms. The van der Waals surface area contributed by atoms with Crippen LogP contribution in [0.1, 0.15) is 5.56 Å². The Morgan fingerprint density at radius 1 is 1.15 bits per heavy atom. The molecule has 0 aromatic heterocycles. The topological polar surface area (TPSA) is 3.24 Å². The fraction of sp³-hybridized carbons (Fsp3) is 0.333. The molecular formula is C9H12Cl3N.